The number of rotatable bonds is 11. The number of hydrazine groups is 1. The van der Waals surface area contributed by atoms with Gasteiger partial charge in [0, 0.05) is 72.6 Å². The van der Waals surface area contributed by atoms with Crippen LogP contribution in [0.25, 0.3) is 33.3 Å². The van der Waals surface area contributed by atoms with E-state index < -0.39 is 40.5 Å². The number of cyclic esters (lactones) is 1. The Labute approximate surface area is 457 Å². The molecule has 3 amide bonds. The van der Waals surface area contributed by atoms with Crippen molar-refractivity contribution in [1.82, 2.24) is 39.4 Å². The number of hydrogen-bond acceptors (Lipinski definition) is 9. The van der Waals surface area contributed by atoms with Crippen molar-refractivity contribution in [3.63, 3.8) is 0 Å². The van der Waals surface area contributed by atoms with Crippen LogP contribution in [0.15, 0.2) is 90.0 Å². The number of nitrogens with zero attached hydrogens (tertiary/aromatic N) is 6. The van der Waals surface area contributed by atoms with E-state index in [2.05, 4.69) is 105 Å². The van der Waals surface area contributed by atoms with E-state index in [9.17, 15) is 13.8 Å². The van der Waals surface area contributed by atoms with Crippen molar-refractivity contribution < 1.29 is 28.1 Å². The molecule has 8 atom stereocenters. The van der Waals surface area contributed by atoms with Gasteiger partial charge in [0.25, 0.3) is 5.91 Å². The van der Waals surface area contributed by atoms with Crippen molar-refractivity contribution in [2.75, 3.05) is 39.3 Å². The molecule has 1 unspecified atom stereocenters. The molecule has 1 spiro atoms. The predicted molar refractivity (Wildman–Crippen MR) is 300 cm³/mol. The molecule has 14 nitrogen and oxygen atoms in total. The lowest BCUT2D eigenvalue weighted by Crippen LogP contribution is -2.62. The first kappa shape index (κ1) is 53.3. The summed E-state index contributed by atoms with van der Waals surface area (Å²) in [7, 11) is -1.40. The van der Waals surface area contributed by atoms with E-state index in [1.807, 2.05) is 64.8 Å². The Hall–Kier alpha value is -5.74. The second-order valence-corrected chi connectivity index (χ2v) is 26.1. The molecule has 4 saturated heterocycles. The fourth-order valence-electron chi connectivity index (χ4n) is 13.4. The van der Waals surface area contributed by atoms with Crippen LogP contribution in [0, 0.1) is 29.6 Å². The Kier molecular flexibility index (Phi) is 14.6. The van der Waals surface area contributed by atoms with Gasteiger partial charge < -0.3 is 19.5 Å². The molecule has 0 radical (unpaired) electrons. The zero-order valence-corrected chi connectivity index (χ0v) is 47.2. The first-order valence-corrected chi connectivity index (χ1v) is 29.6. The first-order valence-electron chi connectivity index (χ1n) is 28.5. The van der Waals surface area contributed by atoms with Gasteiger partial charge in [-0.25, -0.2) is 13.9 Å². The number of aromatic nitrogens is 2. The molecule has 15 heteroatoms. The number of carbonyl (C=O) groups excluding carboxylic acids is 4. The number of nitrogens with one attached hydrogen (secondary N) is 2. The van der Waals surface area contributed by atoms with Crippen LogP contribution in [0.5, 0.6) is 0 Å². The average molecular weight is 1060 g/mol. The van der Waals surface area contributed by atoms with Gasteiger partial charge in [0.15, 0.2) is 0 Å². The molecule has 77 heavy (non-hydrogen) atoms. The number of likely N-dealkylation sites (tertiary alicyclic amines) is 2. The Morgan fingerprint density at radius 1 is 0.909 bits per heavy atom. The van der Waals surface area contributed by atoms with Crippen LogP contribution in [-0.2, 0) is 54.3 Å². The molecule has 2 aromatic heterocycles. The van der Waals surface area contributed by atoms with Crippen molar-refractivity contribution in [1.29, 1.82) is 0 Å². The number of fused-ring (bicyclic) bond motifs is 6. The molecule has 11 rings (SSSR count). The molecule has 5 fully saturated rings. The van der Waals surface area contributed by atoms with E-state index in [4.69, 9.17) is 9.72 Å². The van der Waals surface area contributed by atoms with E-state index in [-0.39, 0.29) is 60.1 Å². The van der Waals surface area contributed by atoms with Crippen molar-refractivity contribution in [2.24, 2.45) is 22.7 Å². The molecule has 408 valence electrons. The van der Waals surface area contributed by atoms with E-state index in [1.54, 1.807) is 0 Å². The number of ether oxygens (including phenoxy) is 1. The van der Waals surface area contributed by atoms with Gasteiger partial charge in [-0.15, -0.1) is 0 Å². The first-order chi connectivity index (χ1) is 36.9. The summed E-state index contributed by atoms with van der Waals surface area (Å²) in [6.45, 7) is 20.9. The monoisotopic (exact) mass is 1060 g/mol. The van der Waals surface area contributed by atoms with Gasteiger partial charge in [-0.2, -0.15) is 0 Å². The third-order valence-corrected chi connectivity index (χ3v) is 19.1. The molecule has 5 aromatic rings. The highest BCUT2D eigenvalue weighted by atomic mass is 32.2. The summed E-state index contributed by atoms with van der Waals surface area (Å²) >= 11 is 0. The van der Waals surface area contributed by atoms with E-state index in [1.165, 1.54) is 10.6 Å². The standard InChI is InChI=1S/C62H78N8O6S/c1-9-68-51-24-21-44-33-47(51)48(55(68)46-15-11-27-63-52(46)38(2)3)34-61(7,8)37-76-60(74)49-16-12-28-69(65-49)58(72)50(32-41-13-10-14-43(44)31-41)64-57(71)53(39(4)5)66-29-25-62(35-66)26-30-67(36-62)59(73)56-54(42-19-20-42)70(56)77(75)45-22-17-40(6)18-23-45/h10-11,13-15,17-18,21-24,27,31,33,38-39,42,49-50,53-54,56,65H,9,12,16,19-20,25-26,28-30,32,34-37H2,1-8H3,(H,64,71)/t49-,50-,53-,54+,56+,62-,70?,77+/m0/s1. The van der Waals surface area contributed by atoms with Crippen molar-refractivity contribution >= 4 is 45.6 Å². The average Bonchev–Trinajstić information content (AvgIpc) is 4.35. The van der Waals surface area contributed by atoms with E-state index in [0.29, 0.717) is 57.9 Å². The smallest absolute Gasteiger partial charge is 0.324 e. The number of amides is 3. The summed E-state index contributed by atoms with van der Waals surface area (Å²) in [6, 6.07) is 24.4. The molecule has 1 aliphatic carbocycles. The zero-order chi connectivity index (χ0) is 54.1. The Balaban J connectivity index is 0.863. The predicted octanol–water partition coefficient (Wildman–Crippen LogP) is 8.61. The number of hydrogen-bond donors (Lipinski definition) is 2. The van der Waals surface area contributed by atoms with E-state index >= 15 is 9.59 Å². The maximum absolute atomic E-state index is 15.0. The van der Waals surface area contributed by atoms with Crippen LogP contribution in [0.4, 0.5) is 0 Å². The van der Waals surface area contributed by atoms with Gasteiger partial charge in [-0.05, 0) is 142 Å². The van der Waals surface area contributed by atoms with Crippen LogP contribution in [0.2, 0.25) is 0 Å². The molecule has 6 bridgehead atoms. The fourth-order valence-corrected chi connectivity index (χ4v) is 14.9. The van der Waals surface area contributed by atoms with Crippen LogP contribution in [0.1, 0.15) is 115 Å². The maximum atomic E-state index is 15.0. The fraction of sp³-hybridized carbons (Fsp3) is 0.532. The van der Waals surface area contributed by atoms with Gasteiger partial charge in [-0.1, -0.05) is 89.6 Å². The van der Waals surface area contributed by atoms with E-state index in [0.717, 1.165) is 87.2 Å². The minimum Gasteiger partial charge on any atom is -0.464 e. The number of esters is 1. The number of pyridine rings is 1. The Morgan fingerprint density at radius 3 is 2.42 bits per heavy atom. The van der Waals surface area contributed by atoms with Gasteiger partial charge >= 0.3 is 5.97 Å². The van der Waals surface area contributed by atoms with Crippen LogP contribution < -0.4 is 10.7 Å². The highest BCUT2D eigenvalue weighted by Crippen LogP contribution is 2.51. The second-order valence-electron chi connectivity index (χ2n) is 24.7. The van der Waals surface area contributed by atoms with Crippen molar-refractivity contribution in [3.05, 3.63) is 107 Å². The molecule has 3 aromatic carbocycles. The van der Waals surface area contributed by atoms with Crippen LogP contribution in [-0.4, -0.2) is 126 Å². The quantitative estimate of drug-likeness (QED) is 0.0980. The summed E-state index contributed by atoms with van der Waals surface area (Å²) < 4.78 is 24.4. The van der Waals surface area contributed by atoms with Gasteiger partial charge in [0.2, 0.25) is 11.8 Å². The molecule has 2 N–H and O–H groups in total. The highest BCUT2D eigenvalue weighted by Gasteiger charge is 2.63. The summed E-state index contributed by atoms with van der Waals surface area (Å²) in [5.41, 5.74) is 12.3. The Bertz CT molecular complexity index is 3110. The Morgan fingerprint density at radius 2 is 1.68 bits per heavy atom. The van der Waals surface area contributed by atoms with Gasteiger partial charge in [0.1, 0.15) is 29.1 Å². The van der Waals surface area contributed by atoms with Gasteiger partial charge in [0.05, 0.1) is 35.0 Å². The minimum atomic E-state index is -1.40. The number of benzene rings is 3. The SMILES string of the molecule is CCn1c(-c2cccnc2C(C)C)c2c3cc(ccc31)-c1cccc(c1)C[C@H](NC(=O)[C@H](C(C)C)N1CC[C@]3(CCN(C(=O)[C@H]4[C@@H](C5CC5)N4[S@](=O)c4ccc(C)cc4)C3)C1)C(=O)N1CCC[C@H](N1)C(=O)OCC(C)(C)C2. The third kappa shape index (κ3) is 10.5. The molecule has 5 aliphatic heterocycles. The van der Waals surface area contributed by atoms with Crippen molar-refractivity contribution in [3.8, 4) is 22.4 Å². The third-order valence-electron chi connectivity index (χ3n) is 17.5. The minimum absolute atomic E-state index is 0.0116. The molecular weight excluding hydrogens is 985 g/mol. The van der Waals surface area contributed by atoms with Gasteiger partial charge in [-0.3, -0.25) is 34.1 Å². The lowest BCUT2D eigenvalue weighted by Gasteiger charge is -2.37. The van der Waals surface area contributed by atoms with Crippen LogP contribution in [0.3, 0.4) is 0 Å². The number of aryl methyl sites for hydroxylation is 2. The topological polar surface area (TPSA) is 149 Å². The van der Waals surface area contributed by atoms with Crippen molar-refractivity contribution in [2.45, 2.75) is 154 Å². The summed E-state index contributed by atoms with van der Waals surface area (Å²) in [5.74, 6) is -0.303. The maximum Gasteiger partial charge on any atom is 0.324 e. The normalized spacial score (nSPS) is 26.5. The molecule has 6 aliphatic rings. The van der Waals surface area contributed by atoms with Crippen LogP contribution >= 0.6 is 0 Å². The summed E-state index contributed by atoms with van der Waals surface area (Å²) in [4.78, 5) is 68.4. The lowest BCUT2D eigenvalue weighted by atomic mass is 9.83. The zero-order valence-electron chi connectivity index (χ0n) is 46.3. The molecular formula is C62H78N8O6S. The summed E-state index contributed by atoms with van der Waals surface area (Å²) in [5, 5.41) is 5.96. The highest BCUT2D eigenvalue weighted by molar-refractivity contribution is 7.83. The second kappa shape index (κ2) is 21.1. The summed E-state index contributed by atoms with van der Waals surface area (Å²) in [6.07, 6.45) is 7.68. The molecule has 1 saturated carbocycles. The largest absolute Gasteiger partial charge is 0.464 e. The number of carbonyl (C=O) groups is 4. The lowest BCUT2D eigenvalue weighted by molar-refractivity contribution is -0.155. The molecule has 7 heterocycles.